The Bertz CT molecular complexity index is 1270. The van der Waals surface area contributed by atoms with Gasteiger partial charge in [-0.3, -0.25) is 14.6 Å². The number of ketones is 2. The monoisotopic (exact) mass is 492 g/mol. The number of aliphatic imine (C=N–C) groups is 1. The Kier molecular flexibility index (Phi) is 5.88. The SMILES string of the molecule is C#CCOc1cnc(C(=O)Cc2ccc(F)c([C@@]3(C)N=C(N)S[C@@]4(C(=O)CC5CC5)C[C@H]43)c2)cn1. The van der Waals surface area contributed by atoms with E-state index in [0.717, 1.165) is 12.8 Å². The van der Waals surface area contributed by atoms with Gasteiger partial charge in [-0.15, -0.1) is 6.42 Å². The van der Waals surface area contributed by atoms with E-state index in [1.54, 1.807) is 12.1 Å². The lowest BCUT2D eigenvalue weighted by atomic mass is 9.83. The quantitative estimate of drug-likeness (QED) is 0.422. The lowest BCUT2D eigenvalue weighted by Crippen LogP contribution is -2.39. The van der Waals surface area contributed by atoms with Crippen LogP contribution < -0.4 is 10.5 Å². The van der Waals surface area contributed by atoms with Gasteiger partial charge in [0.25, 0.3) is 0 Å². The minimum Gasteiger partial charge on any atom is -0.463 e. The molecule has 0 unspecified atom stereocenters. The van der Waals surface area contributed by atoms with E-state index < -0.39 is 16.1 Å². The number of halogens is 1. The van der Waals surface area contributed by atoms with Crippen molar-refractivity contribution < 1.29 is 18.7 Å². The molecule has 2 heterocycles. The fourth-order valence-corrected chi connectivity index (χ4v) is 6.32. The van der Waals surface area contributed by atoms with Gasteiger partial charge in [-0.25, -0.2) is 14.4 Å². The molecule has 3 aliphatic rings. The number of nitrogens with two attached hydrogens (primary N) is 1. The zero-order valence-corrected chi connectivity index (χ0v) is 20.1. The van der Waals surface area contributed by atoms with Gasteiger partial charge < -0.3 is 10.5 Å². The minimum absolute atomic E-state index is 0.00691. The molecule has 0 bridgehead atoms. The molecule has 0 amide bonds. The Morgan fingerprint density at radius 3 is 2.80 bits per heavy atom. The third-order valence-corrected chi connectivity index (χ3v) is 8.36. The summed E-state index contributed by atoms with van der Waals surface area (Å²) in [5.41, 5.74) is 6.32. The number of rotatable bonds is 9. The summed E-state index contributed by atoms with van der Waals surface area (Å²) in [4.78, 5) is 38.7. The molecule has 2 aromatic rings. The van der Waals surface area contributed by atoms with E-state index in [4.69, 9.17) is 16.9 Å². The van der Waals surface area contributed by atoms with E-state index in [1.807, 2.05) is 6.92 Å². The fraction of sp³-hybridized carbons (Fsp3) is 0.423. The standard InChI is InChI=1S/C26H25FN4O3S/c1-3-8-34-23-14-29-19(13-30-23)20(32)10-16-6-7-18(27)17(9-16)25(2)21-12-26(21,35-24(28)31-25)22(33)11-15-4-5-15/h1,6-7,9,13-15,21H,4-5,8,10-12H2,2H3,(H2,28,31)/t21-,25+,26-/m0/s1. The van der Waals surface area contributed by atoms with Crippen molar-refractivity contribution in [1.29, 1.82) is 0 Å². The van der Waals surface area contributed by atoms with Crippen molar-refractivity contribution in [3.63, 3.8) is 0 Å². The van der Waals surface area contributed by atoms with Crippen molar-refractivity contribution in [3.05, 3.63) is 53.2 Å². The van der Waals surface area contributed by atoms with Gasteiger partial charge >= 0.3 is 0 Å². The van der Waals surface area contributed by atoms with Crippen LogP contribution in [0, 0.1) is 30.0 Å². The van der Waals surface area contributed by atoms with Crippen LogP contribution in [0.25, 0.3) is 0 Å². The predicted octanol–water partition coefficient (Wildman–Crippen LogP) is 3.46. The van der Waals surface area contributed by atoms with Crippen LogP contribution in [-0.4, -0.2) is 38.1 Å². The zero-order chi connectivity index (χ0) is 24.8. The van der Waals surface area contributed by atoms with Crippen LogP contribution in [0.5, 0.6) is 5.88 Å². The topological polar surface area (TPSA) is 108 Å². The second kappa shape index (κ2) is 8.76. The summed E-state index contributed by atoms with van der Waals surface area (Å²) in [6.45, 7) is 1.89. The molecule has 0 radical (unpaired) electrons. The second-order valence-corrected chi connectivity index (χ2v) is 10.9. The molecule has 2 fully saturated rings. The first-order chi connectivity index (χ1) is 16.7. The zero-order valence-electron chi connectivity index (χ0n) is 19.3. The molecule has 1 aliphatic heterocycles. The number of amidine groups is 1. The number of carbonyl (C=O) groups is 2. The predicted molar refractivity (Wildman–Crippen MR) is 131 cm³/mol. The first-order valence-electron chi connectivity index (χ1n) is 11.5. The highest BCUT2D eigenvalue weighted by Gasteiger charge is 2.70. The van der Waals surface area contributed by atoms with Gasteiger partial charge in [-0.05, 0) is 49.8 Å². The summed E-state index contributed by atoms with van der Waals surface area (Å²) in [7, 11) is 0. The molecule has 9 heteroatoms. The highest BCUT2D eigenvalue weighted by molar-refractivity contribution is 8.15. The Hall–Kier alpha value is -3.25. The molecular formula is C26H25FN4O3S. The van der Waals surface area contributed by atoms with Crippen molar-refractivity contribution in [3.8, 4) is 18.2 Å². The maximum absolute atomic E-state index is 15.1. The summed E-state index contributed by atoms with van der Waals surface area (Å²) in [5.74, 6) is 2.38. The Morgan fingerprint density at radius 2 is 2.11 bits per heavy atom. The summed E-state index contributed by atoms with van der Waals surface area (Å²) < 4.78 is 19.7. The molecule has 7 nitrogen and oxygen atoms in total. The number of hydrogen-bond donors (Lipinski definition) is 1. The van der Waals surface area contributed by atoms with Gasteiger partial charge in [0.15, 0.2) is 17.6 Å². The van der Waals surface area contributed by atoms with Crippen LogP contribution in [0.1, 0.15) is 54.2 Å². The van der Waals surface area contributed by atoms with Crippen LogP contribution in [0.2, 0.25) is 0 Å². The highest BCUT2D eigenvalue weighted by atomic mass is 32.2. The molecule has 1 aromatic carbocycles. The number of nitrogens with zero attached hydrogens (tertiary/aromatic N) is 3. The molecule has 0 spiro atoms. The molecule has 1 aromatic heterocycles. The van der Waals surface area contributed by atoms with Gasteiger partial charge in [0.1, 0.15) is 17.3 Å². The molecule has 3 atom stereocenters. The number of fused-ring (bicyclic) bond motifs is 1. The Labute approximate surface area is 207 Å². The fourth-order valence-electron chi connectivity index (χ4n) is 4.89. The van der Waals surface area contributed by atoms with E-state index in [0.29, 0.717) is 35.1 Å². The van der Waals surface area contributed by atoms with Crippen LogP contribution in [0.15, 0.2) is 35.6 Å². The smallest absolute Gasteiger partial charge is 0.233 e. The van der Waals surface area contributed by atoms with Crippen molar-refractivity contribution in [2.75, 3.05) is 6.61 Å². The van der Waals surface area contributed by atoms with Gasteiger partial charge in [0.2, 0.25) is 5.88 Å². The van der Waals surface area contributed by atoms with E-state index in [1.165, 1.54) is 30.2 Å². The Balaban J connectivity index is 1.37. The van der Waals surface area contributed by atoms with Crippen LogP contribution in [-0.2, 0) is 16.8 Å². The molecule has 5 rings (SSSR count). The lowest BCUT2D eigenvalue weighted by molar-refractivity contribution is -0.120. The number of aromatic nitrogens is 2. The molecular weight excluding hydrogens is 467 g/mol. The summed E-state index contributed by atoms with van der Waals surface area (Å²) >= 11 is 1.33. The molecule has 2 N–H and O–H groups in total. The van der Waals surface area contributed by atoms with Crippen LogP contribution >= 0.6 is 11.8 Å². The summed E-state index contributed by atoms with van der Waals surface area (Å²) in [5, 5.41) is 0.300. The van der Waals surface area contributed by atoms with Crippen molar-refractivity contribution in [2.45, 2.75) is 49.3 Å². The first-order valence-corrected chi connectivity index (χ1v) is 12.3. The average molecular weight is 493 g/mol. The van der Waals surface area contributed by atoms with E-state index in [-0.39, 0.29) is 42.1 Å². The first kappa shape index (κ1) is 23.5. The van der Waals surface area contributed by atoms with Gasteiger partial charge in [-0.2, -0.15) is 0 Å². The second-order valence-electron chi connectivity index (χ2n) is 9.56. The minimum atomic E-state index is -0.979. The van der Waals surface area contributed by atoms with Crippen molar-refractivity contribution in [1.82, 2.24) is 9.97 Å². The number of Topliss-reactive ketones (excluding diaryl/α,β-unsaturated/α-hetero) is 2. The molecule has 0 saturated heterocycles. The normalized spacial score (nSPS) is 26.8. The number of hydrogen-bond acceptors (Lipinski definition) is 8. The Morgan fingerprint density at radius 1 is 1.31 bits per heavy atom. The molecule has 2 saturated carbocycles. The average Bonchev–Trinajstić information content (AvgIpc) is 3.75. The van der Waals surface area contributed by atoms with Gasteiger partial charge in [0, 0.05) is 24.3 Å². The van der Waals surface area contributed by atoms with Crippen LogP contribution in [0.4, 0.5) is 4.39 Å². The number of ether oxygens (including phenoxy) is 1. The van der Waals surface area contributed by atoms with E-state index in [2.05, 4.69) is 20.9 Å². The third-order valence-electron chi connectivity index (χ3n) is 7.02. The number of thioether (sulfide) groups is 1. The third kappa shape index (κ3) is 4.43. The van der Waals surface area contributed by atoms with Crippen molar-refractivity contribution in [2.24, 2.45) is 22.6 Å². The largest absolute Gasteiger partial charge is 0.463 e. The van der Waals surface area contributed by atoms with E-state index >= 15 is 4.39 Å². The summed E-state index contributed by atoms with van der Waals surface area (Å²) in [6.07, 6.45) is 11.2. The highest BCUT2D eigenvalue weighted by Crippen LogP contribution is 2.67. The number of carbonyl (C=O) groups excluding carboxylic acids is 2. The number of benzene rings is 1. The maximum Gasteiger partial charge on any atom is 0.233 e. The van der Waals surface area contributed by atoms with Gasteiger partial charge in [-0.1, -0.05) is 23.7 Å². The van der Waals surface area contributed by atoms with E-state index in [9.17, 15) is 9.59 Å². The van der Waals surface area contributed by atoms with Gasteiger partial charge in [0.05, 0.1) is 22.7 Å². The maximum atomic E-state index is 15.1. The summed E-state index contributed by atoms with van der Waals surface area (Å²) in [6, 6.07) is 4.57. The van der Waals surface area contributed by atoms with Crippen molar-refractivity contribution >= 4 is 28.5 Å². The molecule has 180 valence electrons. The van der Waals surface area contributed by atoms with Crippen LogP contribution in [0.3, 0.4) is 0 Å². The lowest BCUT2D eigenvalue weighted by Gasteiger charge is -2.34. The number of terminal acetylenes is 1. The molecule has 35 heavy (non-hydrogen) atoms. The molecule has 2 aliphatic carbocycles.